The van der Waals surface area contributed by atoms with Crippen molar-refractivity contribution in [1.82, 2.24) is 4.98 Å². The Balaban J connectivity index is 2.03. The normalized spacial score (nSPS) is 16.8. The van der Waals surface area contributed by atoms with Crippen LogP contribution in [-0.4, -0.2) is 16.7 Å². The van der Waals surface area contributed by atoms with Gasteiger partial charge < -0.3 is 5.11 Å². The summed E-state index contributed by atoms with van der Waals surface area (Å²) in [6, 6.07) is 0. The summed E-state index contributed by atoms with van der Waals surface area (Å²) in [6.45, 7) is 0.294. The van der Waals surface area contributed by atoms with E-state index in [1.807, 2.05) is 5.51 Å². The molecule has 1 aromatic rings. The van der Waals surface area contributed by atoms with Crippen molar-refractivity contribution in [3.8, 4) is 0 Å². The summed E-state index contributed by atoms with van der Waals surface area (Å²) >= 11 is 1.74. The highest BCUT2D eigenvalue weighted by Gasteiger charge is 2.27. The Labute approximate surface area is 76.3 Å². The maximum atomic E-state index is 8.69. The molecule has 0 aromatic carbocycles. The first-order chi connectivity index (χ1) is 5.92. The molecule has 1 N–H and O–H groups in total. The van der Waals surface area contributed by atoms with Crippen LogP contribution in [0.15, 0.2) is 5.51 Å². The van der Waals surface area contributed by atoms with Gasteiger partial charge >= 0.3 is 0 Å². The second-order valence-corrected chi connectivity index (χ2v) is 4.20. The van der Waals surface area contributed by atoms with Crippen molar-refractivity contribution < 1.29 is 5.11 Å². The molecule has 0 saturated heterocycles. The fourth-order valence-corrected chi connectivity index (χ4v) is 2.29. The van der Waals surface area contributed by atoms with Crippen LogP contribution < -0.4 is 0 Å². The number of hydrogen-bond donors (Lipinski definition) is 1. The van der Waals surface area contributed by atoms with Gasteiger partial charge in [-0.15, -0.1) is 11.3 Å². The Morgan fingerprint density at radius 2 is 2.42 bits per heavy atom. The van der Waals surface area contributed by atoms with Gasteiger partial charge in [0.05, 0.1) is 11.2 Å². The lowest BCUT2D eigenvalue weighted by molar-refractivity contribution is 0.289. The quantitative estimate of drug-likeness (QED) is 0.774. The zero-order valence-electron chi connectivity index (χ0n) is 6.99. The van der Waals surface area contributed by atoms with E-state index in [0.29, 0.717) is 6.61 Å². The molecule has 0 spiro atoms. The van der Waals surface area contributed by atoms with Crippen LogP contribution in [0.1, 0.15) is 35.8 Å². The molecular weight excluding hydrogens is 170 g/mol. The third-order valence-electron chi connectivity index (χ3n) is 2.20. The summed E-state index contributed by atoms with van der Waals surface area (Å²) in [5, 5.41) is 8.69. The molecule has 66 valence electrons. The van der Waals surface area contributed by atoms with E-state index in [0.717, 1.165) is 18.8 Å². The van der Waals surface area contributed by atoms with Crippen LogP contribution in [0.2, 0.25) is 0 Å². The molecule has 12 heavy (non-hydrogen) atoms. The Morgan fingerprint density at radius 1 is 1.58 bits per heavy atom. The Kier molecular flexibility index (Phi) is 2.42. The zero-order chi connectivity index (χ0) is 8.39. The molecule has 0 unspecified atom stereocenters. The van der Waals surface area contributed by atoms with Crippen LogP contribution >= 0.6 is 11.3 Å². The number of nitrogens with zero attached hydrogens (tertiary/aromatic N) is 1. The van der Waals surface area contributed by atoms with Gasteiger partial charge in [-0.25, -0.2) is 4.98 Å². The summed E-state index contributed by atoms with van der Waals surface area (Å²) in [4.78, 5) is 5.76. The molecule has 0 amide bonds. The Bertz CT molecular complexity index is 255. The van der Waals surface area contributed by atoms with Crippen LogP contribution in [0.3, 0.4) is 0 Å². The number of aryl methyl sites for hydroxylation is 1. The van der Waals surface area contributed by atoms with Crippen molar-refractivity contribution >= 4 is 11.3 Å². The van der Waals surface area contributed by atoms with Crippen molar-refractivity contribution in [2.24, 2.45) is 0 Å². The molecule has 0 aliphatic heterocycles. The van der Waals surface area contributed by atoms with E-state index in [2.05, 4.69) is 4.98 Å². The lowest BCUT2D eigenvalue weighted by Gasteiger charge is -1.97. The summed E-state index contributed by atoms with van der Waals surface area (Å²) in [7, 11) is 0. The smallest absolute Gasteiger partial charge is 0.0797 e. The maximum Gasteiger partial charge on any atom is 0.0797 e. The van der Waals surface area contributed by atoms with Gasteiger partial charge in [-0.1, -0.05) is 0 Å². The first-order valence-electron chi connectivity index (χ1n) is 4.45. The number of aliphatic hydroxyl groups excluding tert-OH is 1. The topological polar surface area (TPSA) is 33.1 Å². The van der Waals surface area contributed by atoms with Crippen LogP contribution in [-0.2, 0) is 6.42 Å². The number of hydrogen-bond acceptors (Lipinski definition) is 3. The van der Waals surface area contributed by atoms with E-state index in [9.17, 15) is 0 Å². The van der Waals surface area contributed by atoms with Gasteiger partial charge in [0, 0.05) is 17.4 Å². The summed E-state index contributed by atoms with van der Waals surface area (Å²) in [5.74, 6) is 0.755. The molecule has 2 rings (SSSR count). The van der Waals surface area contributed by atoms with Gasteiger partial charge in [0.25, 0.3) is 0 Å². The molecule has 1 heterocycles. The van der Waals surface area contributed by atoms with Gasteiger partial charge in [0.2, 0.25) is 0 Å². The van der Waals surface area contributed by atoms with Gasteiger partial charge in [-0.05, 0) is 25.7 Å². The Hall–Kier alpha value is -0.410. The molecule has 0 radical (unpaired) electrons. The predicted molar refractivity (Wildman–Crippen MR) is 49.5 cm³/mol. The monoisotopic (exact) mass is 183 g/mol. The van der Waals surface area contributed by atoms with Crippen LogP contribution in [0, 0.1) is 0 Å². The van der Waals surface area contributed by atoms with Gasteiger partial charge in [0.15, 0.2) is 0 Å². The fourth-order valence-electron chi connectivity index (χ4n) is 1.40. The summed E-state index contributed by atoms with van der Waals surface area (Å²) < 4.78 is 0. The molecule has 2 nitrogen and oxygen atoms in total. The van der Waals surface area contributed by atoms with Crippen LogP contribution in [0.5, 0.6) is 0 Å². The van der Waals surface area contributed by atoms with E-state index < -0.39 is 0 Å². The molecule has 0 bridgehead atoms. The number of thiazole rings is 1. The lowest BCUT2D eigenvalue weighted by Crippen LogP contribution is -1.91. The third kappa shape index (κ3) is 1.67. The number of aliphatic hydroxyl groups is 1. The van der Waals surface area contributed by atoms with Crippen LogP contribution in [0.4, 0.5) is 0 Å². The Morgan fingerprint density at radius 3 is 3.08 bits per heavy atom. The summed E-state index contributed by atoms with van der Waals surface area (Å²) in [6.07, 6.45) is 4.51. The molecule has 1 aromatic heterocycles. The molecule has 1 aliphatic carbocycles. The molecule has 3 heteroatoms. The van der Waals surface area contributed by atoms with Crippen molar-refractivity contribution in [2.75, 3.05) is 6.61 Å². The number of aromatic nitrogens is 1. The van der Waals surface area contributed by atoms with E-state index in [4.69, 9.17) is 5.11 Å². The van der Waals surface area contributed by atoms with E-state index in [-0.39, 0.29) is 0 Å². The molecular formula is C9H13NOS. The first kappa shape index (κ1) is 8.20. The standard InChI is InChI=1S/C9H13NOS/c11-5-1-2-8-9(7-3-4-7)10-6-12-8/h6-7,11H,1-5H2. The van der Waals surface area contributed by atoms with Gasteiger partial charge in [-0.3, -0.25) is 0 Å². The first-order valence-corrected chi connectivity index (χ1v) is 5.33. The minimum Gasteiger partial charge on any atom is -0.396 e. The maximum absolute atomic E-state index is 8.69. The second kappa shape index (κ2) is 3.54. The third-order valence-corrected chi connectivity index (χ3v) is 3.11. The zero-order valence-corrected chi connectivity index (χ0v) is 7.81. The van der Waals surface area contributed by atoms with Gasteiger partial charge in [0.1, 0.15) is 0 Å². The average molecular weight is 183 g/mol. The molecule has 1 saturated carbocycles. The highest BCUT2D eigenvalue weighted by atomic mass is 32.1. The second-order valence-electron chi connectivity index (χ2n) is 3.26. The largest absolute Gasteiger partial charge is 0.396 e. The molecule has 0 atom stereocenters. The molecule has 1 aliphatic rings. The number of rotatable bonds is 4. The highest BCUT2D eigenvalue weighted by Crippen LogP contribution is 2.41. The van der Waals surface area contributed by atoms with Crippen molar-refractivity contribution in [2.45, 2.75) is 31.6 Å². The van der Waals surface area contributed by atoms with Crippen molar-refractivity contribution in [1.29, 1.82) is 0 Å². The SMILES string of the molecule is OCCCc1scnc1C1CC1. The van der Waals surface area contributed by atoms with Gasteiger partial charge in [-0.2, -0.15) is 0 Å². The molecule has 1 fully saturated rings. The van der Waals surface area contributed by atoms with E-state index >= 15 is 0 Å². The minimum atomic E-state index is 0.294. The van der Waals surface area contributed by atoms with Crippen molar-refractivity contribution in [3.05, 3.63) is 16.1 Å². The fraction of sp³-hybridized carbons (Fsp3) is 0.667. The average Bonchev–Trinajstić information content (AvgIpc) is 2.83. The van der Waals surface area contributed by atoms with Crippen molar-refractivity contribution in [3.63, 3.8) is 0 Å². The minimum absolute atomic E-state index is 0.294. The van der Waals surface area contributed by atoms with Crippen LogP contribution in [0.25, 0.3) is 0 Å². The summed E-state index contributed by atoms with van der Waals surface area (Å²) in [5.41, 5.74) is 3.24. The predicted octanol–water partition coefficient (Wildman–Crippen LogP) is 1.95. The lowest BCUT2D eigenvalue weighted by atomic mass is 10.2. The van der Waals surface area contributed by atoms with E-state index in [1.54, 1.807) is 11.3 Å². The highest BCUT2D eigenvalue weighted by molar-refractivity contribution is 7.09. The van der Waals surface area contributed by atoms with E-state index in [1.165, 1.54) is 23.4 Å².